The summed E-state index contributed by atoms with van der Waals surface area (Å²) in [5.74, 6) is 1.43. The first-order valence-electron chi connectivity index (χ1n) is 14.8. The van der Waals surface area contributed by atoms with Crippen LogP contribution in [-0.4, -0.2) is 72.7 Å². The first-order valence-corrected chi connectivity index (χ1v) is 14.8. The van der Waals surface area contributed by atoms with E-state index in [4.69, 9.17) is 9.57 Å². The molecule has 12 heteroatoms. The molecular weight excluding hydrogens is 572 g/mol. The molecule has 2 aliphatic heterocycles. The van der Waals surface area contributed by atoms with E-state index in [1.54, 1.807) is 13.3 Å². The molecule has 2 fully saturated rings. The molecule has 4 heterocycles. The van der Waals surface area contributed by atoms with Gasteiger partial charge in [0, 0.05) is 57.0 Å². The number of pyridine rings is 1. The van der Waals surface area contributed by atoms with E-state index >= 15 is 0 Å². The van der Waals surface area contributed by atoms with Gasteiger partial charge in [0.15, 0.2) is 5.82 Å². The zero-order chi connectivity index (χ0) is 31.3. The van der Waals surface area contributed by atoms with E-state index in [1.807, 2.05) is 41.5 Å². The van der Waals surface area contributed by atoms with E-state index in [-0.39, 0.29) is 17.5 Å². The van der Waals surface area contributed by atoms with Crippen molar-refractivity contribution in [2.24, 2.45) is 0 Å². The first-order chi connectivity index (χ1) is 21.9. The topological polar surface area (TPSA) is 128 Å². The highest BCUT2D eigenvalue weighted by Crippen LogP contribution is 2.40. The quantitative estimate of drug-likeness (QED) is 0.236. The van der Waals surface area contributed by atoms with Gasteiger partial charge in [-0.05, 0) is 48.0 Å². The summed E-state index contributed by atoms with van der Waals surface area (Å²) in [5.41, 5.74) is 4.99. The smallest absolute Gasteiger partial charge is 0.247 e. The standard InChI is InChI=1S/C33H36N8O4/c1-4-32(42)38-25-17-26(29(44-3)18-28(25)40-13-11-39(2)12-14-40)37-30-19-31(36-21-35-30)41-27(10-15-45-41)23-7-5-6-22(16-23)24-8-9-33(43)34-20-24/h4-9,16-21,27H,1,10-15H2,2-3H3,(H,34,43)(H,38,42)(H,35,36,37). The van der Waals surface area contributed by atoms with Crippen LogP contribution in [0.25, 0.3) is 11.1 Å². The molecule has 12 nitrogen and oxygen atoms in total. The van der Waals surface area contributed by atoms with Crippen LogP contribution in [0, 0.1) is 0 Å². The Morgan fingerprint density at radius 2 is 1.91 bits per heavy atom. The van der Waals surface area contributed by atoms with Crippen LogP contribution < -0.4 is 30.9 Å². The Balaban J connectivity index is 1.27. The minimum Gasteiger partial charge on any atom is -0.494 e. The van der Waals surface area contributed by atoms with Gasteiger partial charge in [0.25, 0.3) is 0 Å². The van der Waals surface area contributed by atoms with Gasteiger partial charge in [-0.15, -0.1) is 0 Å². The van der Waals surface area contributed by atoms with Crippen LogP contribution in [0.15, 0.2) is 84.6 Å². The van der Waals surface area contributed by atoms with E-state index in [9.17, 15) is 9.59 Å². The van der Waals surface area contributed by atoms with Crippen molar-refractivity contribution in [1.29, 1.82) is 0 Å². The lowest BCUT2D eigenvalue weighted by atomic mass is 9.99. The number of hydroxylamine groups is 1. The summed E-state index contributed by atoms with van der Waals surface area (Å²) in [4.78, 5) is 46.2. The zero-order valence-electron chi connectivity index (χ0n) is 25.3. The molecule has 0 saturated carbocycles. The number of aromatic amines is 1. The number of methoxy groups -OCH3 is 1. The van der Waals surface area contributed by atoms with Gasteiger partial charge in [0.1, 0.15) is 17.9 Å². The normalized spacial score (nSPS) is 16.8. The Morgan fingerprint density at radius 3 is 2.67 bits per heavy atom. The van der Waals surface area contributed by atoms with Crippen LogP contribution in [0.1, 0.15) is 18.0 Å². The van der Waals surface area contributed by atoms with E-state index in [1.165, 1.54) is 18.5 Å². The molecule has 2 saturated heterocycles. The molecule has 2 aliphatic rings. The lowest BCUT2D eigenvalue weighted by Gasteiger charge is -2.35. The minimum atomic E-state index is -0.298. The average Bonchev–Trinajstić information content (AvgIpc) is 3.56. The minimum absolute atomic E-state index is 0.0754. The molecule has 1 unspecified atom stereocenters. The molecule has 2 aromatic carbocycles. The molecule has 0 spiro atoms. The number of ether oxygens (including phenoxy) is 1. The molecule has 3 N–H and O–H groups in total. The van der Waals surface area contributed by atoms with Crippen LogP contribution >= 0.6 is 0 Å². The largest absolute Gasteiger partial charge is 0.494 e. The number of likely N-dealkylation sites (N-methyl/N-ethyl adjacent to an activating group) is 1. The van der Waals surface area contributed by atoms with Crippen LogP contribution in [0.4, 0.5) is 28.7 Å². The fraction of sp³-hybridized carbons (Fsp3) is 0.273. The molecule has 6 rings (SSSR count). The third-order valence-electron chi connectivity index (χ3n) is 8.04. The third-order valence-corrected chi connectivity index (χ3v) is 8.04. The van der Waals surface area contributed by atoms with Gasteiger partial charge in [0.05, 0.1) is 36.8 Å². The van der Waals surface area contributed by atoms with Gasteiger partial charge >= 0.3 is 0 Å². The molecular formula is C33H36N8O4. The Morgan fingerprint density at radius 1 is 1.07 bits per heavy atom. The molecule has 0 radical (unpaired) electrons. The fourth-order valence-corrected chi connectivity index (χ4v) is 5.62. The van der Waals surface area contributed by atoms with Crippen molar-refractivity contribution in [3.63, 3.8) is 0 Å². The molecule has 1 atom stereocenters. The number of nitrogens with zero attached hydrogens (tertiary/aromatic N) is 5. The molecule has 0 bridgehead atoms. The van der Waals surface area contributed by atoms with Crippen LogP contribution in [0.5, 0.6) is 5.75 Å². The van der Waals surface area contributed by atoms with E-state index in [0.717, 1.165) is 55.0 Å². The lowest BCUT2D eigenvalue weighted by molar-refractivity contribution is -0.111. The van der Waals surface area contributed by atoms with E-state index in [0.29, 0.717) is 35.4 Å². The van der Waals surface area contributed by atoms with Crippen molar-refractivity contribution in [1.82, 2.24) is 19.9 Å². The highest BCUT2D eigenvalue weighted by molar-refractivity contribution is 6.02. The second kappa shape index (κ2) is 13.2. The van der Waals surface area contributed by atoms with Gasteiger partial charge in [0.2, 0.25) is 11.5 Å². The van der Waals surface area contributed by atoms with Gasteiger partial charge < -0.3 is 30.2 Å². The predicted molar refractivity (Wildman–Crippen MR) is 175 cm³/mol. The van der Waals surface area contributed by atoms with Crippen molar-refractivity contribution < 1.29 is 14.4 Å². The highest BCUT2D eigenvalue weighted by Gasteiger charge is 2.30. The summed E-state index contributed by atoms with van der Waals surface area (Å²) in [6.07, 6.45) is 5.23. The van der Waals surface area contributed by atoms with Crippen molar-refractivity contribution in [3.05, 3.63) is 95.7 Å². The van der Waals surface area contributed by atoms with Gasteiger partial charge in [-0.3, -0.25) is 14.4 Å². The number of hydrogen-bond acceptors (Lipinski definition) is 10. The number of rotatable bonds is 9. The number of aromatic nitrogens is 3. The molecule has 2 aromatic heterocycles. The van der Waals surface area contributed by atoms with Gasteiger partial charge in [-0.1, -0.05) is 24.8 Å². The van der Waals surface area contributed by atoms with Gasteiger partial charge in [-0.2, -0.15) is 0 Å². The maximum atomic E-state index is 12.4. The Kier molecular flexibility index (Phi) is 8.76. The second-order valence-electron chi connectivity index (χ2n) is 11.0. The Hall–Kier alpha value is -5.20. The first kappa shape index (κ1) is 29.9. The zero-order valence-corrected chi connectivity index (χ0v) is 25.3. The number of nitrogens with one attached hydrogen (secondary N) is 3. The lowest BCUT2D eigenvalue weighted by Crippen LogP contribution is -2.44. The summed E-state index contributed by atoms with van der Waals surface area (Å²) >= 11 is 0. The SMILES string of the molecule is C=CC(=O)Nc1cc(Nc2cc(N3OCCC3c3cccc(-c4ccc(=O)[nH]c4)c3)ncn2)c(OC)cc1N1CCN(C)CC1. The molecule has 232 valence electrons. The number of piperazine rings is 1. The van der Waals surface area contributed by atoms with E-state index in [2.05, 4.69) is 61.1 Å². The fourth-order valence-electron chi connectivity index (χ4n) is 5.62. The van der Waals surface area contributed by atoms with Crippen molar-refractivity contribution >= 4 is 34.6 Å². The number of benzene rings is 2. The second-order valence-corrected chi connectivity index (χ2v) is 11.0. The van der Waals surface area contributed by atoms with Crippen LogP contribution in [0.3, 0.4) is 0 Å². The number of carbonyl (C=O) groups excluding carboxylic acids is 1. The summed E-state index contributed by atoms with van der Waals surface area (Å²) in [6.45, 7) is 7.62. The molecule has 4 aromatic rings. The molecule has 45 heavy (non-hydrogen) atoms. The summed E-state index contributed by atoms with van der Waals surface area (Å²) in [5, 5.41) is 8.12. The van der Waals surface area contributed by atoms with Crippen LogP contribution in [0.2, 0.25) is 0 Å². The van der Waals surface area contributed by atoms with Gasteiger partial charge in [-0.25, -0.2) is 15.0 Å². The maximum absolute atomic E-state index is 12.4. The maximum Gasteiger partial charge on any atom is 0.247 e. The summed E-state index contributed by atoms with van der Waals surface area (Å²) in [7, 11) is 3.72. The number of H-pyrrole nitrogens is 1. The predicted octanol–water partition coefficient (Wildman–Crippen LogP) is 4.34. The van der Waals surface area contributed by atoms with Crippen molar-refractivity contribution in [2.75, 3.05) is 67.5 Å². The number of carbonyl (C=O) groups is 1. The third kappa shape index (κ3) is 6.66. The summed E-state index contributed by atoms with van der Waals surface area (Å²) < 4.78 is 5.79. The van der Waals surface area contributed by atoms with E-state index < -0.39 is 0 Å². The molecule has 1 amide bonds. The monoisotopic (exact) mass is 608 g/mol. The van der Waals surface area contributed by atoms with Crippen LogP contribution in [-0.2, 0) is 9.63 Å². The summed E-state index contributed by atoms with van der Waals surface area (Å²) in [6, 6.07) is 17.0. The molecule has 0 aliphatic carbocycles. The Labute approximate surface area is 261 Å². The number of anilines is 5. The Bertz CT molecular complexity index is 1730. The number of amides is 1. The highest BCUT2D eigenvalue weighted by atomic mass is 16.7. The average molecular weight is 609 g/mol. The van der Waals surface area contributed by atoms with Crippen molar-refractivity contribution in [3.8, 4) is 16.9 Å². The number of hydrogen-bond donors (Lipinski definition) is 3. The van der Waals surface area contributed by atoms with Crippen molar-refractivity contribution in [2.45, 2.75) is 12.5 Å².